The van der Waals surface area contributed by atoms with E-state index >= 15 is 0 Å². The predicted octanol–water partition coefficient (Wildman–Crippen LogP) is 9.77. The summed E-state index contributed by atoms with van der Waals surface area (Å²) in [6.07, 6.45) is 0. The molecular formula is C48H32N2O8S. The van der Waals surface area contributed by atoms with Gasteiger partial charge in [0.15, 0.2) is 0 Å². The predicted molar refractivity (Wildman–Crippen MR) is 221 cm³/mol. The first-order chi connectivity index (χ1) is 28.4. The van der Waals surface area contributed by atoms with Crippen molar-refractivity contribution in [1.29, 1.82) is 0 Å². The van der Waals surface area contributed by atoms with E-state index in [1.54, 1.807) is 78.9 Å². The number of ether oxygens (including phenoxy) is 2. The Kier molecular flexibility index (Phi) is 9.02. The summed E-state index contributed by atoms with van der Waals surface area (Å²) in [6, 6.07) is 44.3. The van der Waals surface area contributed by atoms with Gasteiger partial charge in [0.25, 0.3) is 23.6 Å². The maximum atomic E-state index is 13.7. The molecule has 0 radical (unpaired) electrons. The highest BCUT2D eigenvalue weighted by molar-refractivity contribution is 7.91. The summed E-state index contributed by atoms with van der Waals surface area (Å²) < 4.78 is 38.5. The van der Waals surface area contributed by atoms with Crippen molar-refractivity contribution >= 4 is 39.2 Å². The summed E-state index contributed by atoms with van der Waals surface area (Å²) >= 11 is 0. The number of hydrogen-bond donors (Lipinski definition) is 0. The Labute approximate surface area is 339 Å². The molecule has 7 aromatic carbocycles. The van der Waals surface area contributed by atoms with Gasteiger partial charge in [-0.3, -0.25) is 24.1 Å². The Balaban J connectivity index is 0.852. The number of amides is 4. The largest absolute Gasteiger partial charge is 0.457 e. The molecule has 0 unspecified atom stereocenters. The lowest BCUT2D eigenvalue weighted by Crippen LogP contribution is -2.29. The van der Waals surface area contributed by atoms with Gasteiger partial charge < -0.3 is 9.47 Å². The topological polar surface area (TPSA) is 127 Å². The Morgan fingerprint density at radius 1 is 0.407 bits per heavy atom. The van der Waals surface area contributed by atoms with Crippen LogP contribution in [0.15, 0.2) is 168 Å². The number of carbonyl (C=O) groups excluding carboxylic acids is 4. The molecule has 10 nitrogen and oxygen atoms in total. The number of aryl methyl sites for hydroxylation is 1. The molecule has 11 heteroatoms. The lowest BCUT2D eigenvalue weighted by Gasteiger charge is -2.14. The monoisotopic (exact) mass is 796 g/mol. The van der Waals surface area contributed by atoms with Crippen LogP contribution in [-0.2, 0) is 9.84 Å². The third kappa shape index (κ3) is 6.73. The fraction of sp³-hybridized carbons (Fsp3) is 0.0417. The lowest BCUT2D eigenvalue weighted by atomic mass is 9.96. The summed E-state index contributed by atoms with van der Waals surface area (Å²) in [7, 11) is -2.34. The number of sulfone groups is 1. The van der Waals surface area contributed by atoms with Gasteiger partial charge in [-0.2, -0.15) is 0 Å². The molecule has 59 heavy (non-hydrogen) atoms. The van der Waals surface area contributed by atoms with Gasteiger partial charge in [-0.05, 0) is 138 Å². The minimum Gasteiger partial charge on any atom is -0.457 e. The summed E-state index contributed by atoms with van der Waals surface area (Å²) in [5.74, 6) is 0.435. The zero-order valence-electron chi connectivity index (χ0n) is 31.6. The standard InChI is InChI=1S/C48H32N2O8S/c1-29-3-13-35(14-4-29)57-37-17-21-39(22-18-37)59(55,56)40-23-19-38(20-24-40)58-36-15-11-34(12-16-36)50-47(53)42-26-10-33(28-44(42)48(50)54)31-7-5-30(6-8-31)32-9-25-41-43(27-32)46(52)49(2)45(41)51/h3-28H,1-2H3. The quantitative estimate of drug-likeness (QED) is 0.132. The first-order valence-electron chi connectivity index (χ1n) is 18.5. The highest BCUT2D eigenvalue weighted by atomic mass is 32.2. The highest BCUT2D eigenvalue weighted by Gasteiger charge is 2.37. The molecule has 7 aromatic rings. The molecule has 0 aliphatic carbocycles. The molecule has 9 rings (SSSR count). The number of imide groups is 2. The van der Waals surface area contributed by atoms with Crippen LogP contribution in [0.2, 0.25) is 0 Å². The van der Waals surface area contributed by atoms with Crippen molar-refractivity contribution in [3.8, 4) is 45.3 Å². The van der Waals surface area contributed by atoms with E-state index in [0.717, 1.165) is 37.6 Å². The summed E-state index contributed by atoms with van der Waals surface area (Å²) in [5, 5.41) is 0. The average molecular weight is 797 g/mol. The van der Waals surface area contributed by atoms with Crippen molar-refractivity contribution in [2.24, 2.45) is 0 Å². The van der Waals surface area contributed by atoms with E-state index in [9.17, 15) is 27.6 Å². The van der Waals surface area contributed by atoms with E-state index in [1.165, 1.54) is 31.3 Å². The van der Waals surface area contributed by atoms with Crippen LogP contribution in [0.5, 0.6) is 23.0 Å². The molecule has 0 aromatic heterocycles. The Morgan fingerprint density at radius 3 is 1.24 bits per heavy atom. The number of benzene rings is 7. The fourth-order valence-corrected chi connectivity index (χ4v) is 8.36. The van der Waals surface area contributed by atoms with Crippen LogP contribution in [0.1, 0.15) is 47.0 Å². The lowest BCUT2D eigenvalue weighted by molar-refractivity contribution is 0.0692. The van der Waals surface area contributed by atoms with Crippen LogP contribution in [0.4, 0.5) is 5.69 Å². The van der Waals surface area contributed by atoms with Crippen molar-refractivity contribution in [2.75, 3.05) is 11.9 Å². The first kappa shape index (κ1) is 37.0. The van der Waals surface area contributed by atoms with Crippen LogP contribution in [0, 0.1) is 6.92 Å². The number of anilines is 1. The van der Waals surface area contributed by atoms with Crippen molar-refractivity contribution < 1.29 is 37.1 Å². The molecular weight excluding hydrogens is 765 g/mol. The van der Waals surface area contributed by atoms with Crippen molar-refractivity contribution in [3.63, 3.8) is 0 Å². The van der Waals surface area contributed by atoms with E-state index in [4.69, 9.17) is 9.47 Å². The summed E-state index contributed by atoms with van der Waals surface area (Å²) in [6.45, 7) is 1.98. The van der Waals surface area contributed by atoms with Crippen LogP contribution < -0.4 is 14.4 Å². The third-order valence-electron chi connectivity index (χ3n) is 10.4. The number of carbonyl (C=O) groups is 4. The zero-order valence-corrected chi connectivity index (χ0v) is 32.4. The van der Waals surface area contributed by atoms with E-state index < -0.39 is 21.7 Å². The Hall–Kier alpha value is -7.63. The zero-order chi connectivity index (χ0) is 41.0. The highest BCUT2D eigenvalue weighted by Crippen LogP contribution is 2.35. The SMILES string of the molecule is Cc1ccc(Oc2ccc(S(=O)(=O)c3ccc(Oc4ccc(N5C(=O)c6ccc(-c7ccc(-c8ccc9c(c8)C(=O)N(C)C9=O)cc7)cc6C5=O)cc4)cc3)cc2)cc1. The van der Waals surface area contributed by atoms with Crippen molar-refractivity contribution in [3.05, 3.63) is 186 Å². The molecule has 0 atom stereocenters. The minimum absolute atomic E-state index is 0.0970. The molecule has 0 saturated heterocycles. The molecule has 2 aliphatic heterocycles. The maximum absolute atomic E-state index is 13.7. The normalized spacial score (nSPS) is 13.5. The second-order valence-corrected chi connectivity index (χ2v) is 16.1. The van der Waals surface area contributed by atoms with Gasteiger partial charge in [-0.25, -0.2) is 13.3 Å². The van der Waals surface area contributed by atoms with Crippen LogP contribution in [0.3, 0.4) is 0 Å². The smallest absolute Gasteiger partial charge is 0.266 e. The van der Waals surface area contributed by atoms with Gasteiger partial charge in [0, 0.05) is 7.05 Å². The Bertz CT molecular complexity index is 2960. The van der Waals surface area contributed by atoms with E-state index in [-0.39, 0.29) is 27.2 Å². The average Bonchev–Trinajstić information content (AvgIpc) is 3.64. The van der Waals surface area contributed by atoms with E-state index in [2.05, 4.69) is 0 Å². The van der Waals surface area contributed by atoms with E-state index in [0.29, 0.717) is 45.4 Å². The van der Waals surface area contributed by atoms with E-state index in [1.807, 2.05) is 61.5 Å². The molecule has 0 spiro atoms. The molecule has 0 saturated carbocycles. The number of nitrogens with zero attached hydrogens (tertiary/aromatic N) is 2. The third-order valence-corrected chi connectivity index (χ3v) is 12.2. The van der Waals surface area contributed by atoms with Gasteiger partial charge in [-0.1, -0.05) is 54.1 Å². The Morgan fingerprint density at radius 2 is 0.763 bits per heavy atom. The van der Waals surface area contributed by atoms with Gasteiger partial charge >= 0.3 is 0 Å². The van der Waals surface area contributed by atoms with Gasteiger partial charge in [0.05, 0.1) is 37.7 Å². The van der Waals surface area contributed by atoms with Crippen molar-refractivity contribution in [2.45, 2.75) is 16.7 Å². The fourth-order valence-electron chi connectivity index (χ4n) is 7.10. The summed E-state index contributed by atoms with van der Waals surface area (Å²) in [4.78, 5) is 54.4. The van der Waals surface area contributed by atoms with Gasteiger partial charge in [0.2, 0.25) is 9.84 Å². The maximum Gasteiger partial charge on any atom is 0.266 e. The van der Waals surface area contributed by atoms with Crippen LogP contribution >= 0.6 is 0 Å². The molecule has 4 amide bonds. The molecule has 0 fully saturated rings. The van der Waals surface area contributed by atoms with Gasteiger partial charge in [0.1, 0.15) is 23.0 Å². The first-order valence-corrected chi connectivity index (χ1v) is 20.0. The molecule has 2 heterocycles. The van der Waals surface area contributed by atoms with Crippen molar-refractivity contribution in [1.82, 2.24) is 4.90 Å². The number of fused-ring (bicyclic) bond motifs is 2. The molecule has 0 N–H and O–H groups in total. The summed E-state index contributed by atoms with van der Waals surface area (Å²) in [5.41, 5.74) is 6.02. The van der Waals surface area contributed by atoms with Gasteiger partial charge in [-0.15, -0.1) is 0 Å². The molecule has 0 bridgehead atoms. The molecule has 2 aliphatic rings. The van der Waals surface area contributed by atoms with Crippen LogP contribution in [-0.4, -0.2) is 44.0 Å². The molecule has 288 valence electrons. The minimum atomic E-state index is -3.81. The number of rotatable bonds is 9. The second-order valence-electron chi connectivity index (χ2n) is 14.2. The number of hydrogen-bond acceptors (Lipinski definition) is 8. The van der Waals surface area contributed by atoms with Crippen LogP contribution in [0.25, 0.3) is 22.3 Å². The second kappa shape index (κ2) is 14.4.